The van der Waals surface area contributed by atoms with Gasteiger partial charge >= 0.3 is 12.1 Å². The van der Waals surface area contributed by atoms with Gasteiger partial charge in [-0.2, -0.15) is 13.2 Å². The summed E-state index contributed by atoms with van der Waals surface area (Å²) in [5.74, 6) is -2.50. The molecule has 3 N–H and O–H groups in total. The third kappa shape index (κ3) is 7.84. The number of carboxylic acids is 1. The molecule has 0 spiro atoms. The molecule has 210 valence electrons. The van der Waals surface area contributed by atoms with E-state index in [0.717, 1.165) is 16.7 Å². The van der Waals surface area contributed by atoms with Gasteiger partial charge in [-0.15, -0.1) is 0 Å². The quantitative estimate of drug-likeness (QED) is 0.246. The van der Waals surface area contributed by atoms with Crippen LogP contribution < -0.4 is 5.32 Å². The normalized spacial score (nSPS) is 11.9. The van der Waals surface area contributed by atoms with Crippen molar-refractivity contribution in [2.75, 3.05) is 20.6 Å². The largest absolute Gasteiger partial charge is 0.506 e. The summed E-state index contributed by atoms with van der Waals surface area (Å²) in [5.41, 5.74) is 3.28. The monoisotopic (exact) mass is 575 g/mol. The van der Waals surface area contributed by atoms with Crippen molar-refractivity contribution < 1.29 is 37.4 Å². The first kappa shape index (κ1) is 30.2. The summed E-state index contributed by atoms with van der Waals surface area (Å²) in [6.45, 7) is 0.415. The number of pyridine rings is 1. The van der Waals surface area contributed by atoms with E-state index in [0.29, 0.717) is 17.9 Å². The fourth-order valence-electron chi connectivity index (χ4n) is 3.67. The maximum absolute atomic E-state index is 13.0. The summed E-state index contributed by atoms with van der Waals surface area (Å²) >= 11 is 5.97. The second kappa shape index (κ2) is 13.1. The van der Waals surface area contributed by atoms with Crippen LogP contribution in [0.3, 0.4) is 0 Å². The Morgan fingerprint density at radius 2 is 1.65 bits per heavy atom. The second-order valence-corrected chi connectivity index (χ2v) is 9.07. The van der Waals surface area contributed by atoms with Gasteiger partial charge in [0.05, 0.1) is 11.1 Å². The van der Waals surface area contributed by atoms with Crippen molar-refractivity contribution in [1.82, 2.24) is 15.2 Å². The zero-order valence-corrected chi connectivity index (χ0v) is 22.1. The van der Waals surface area contributed by atoms with Crippen LogP contribution in [0.25, 0.3) is 22.5 Å². The SMILES string of the molecule is CN(C)C(CNC(=O)c1cc(-c2ccncc2)c(-c2ccc(Cl)c(O)c2)o1)c1ccccc1.O=C(O)C(F)(F)F. The zero-order valence-electron chi connectivity index (χ0n) is 21.3. The summed E-state index contributed by atoms with van der Waals surface area (Å²) in [7, 11) is 3.95. The number of amides is 1. The third-order valence-corrected chi connectivity index (χ3v) is 5.98. The minimum atomic E-state index is -5.08. The molecule has 40 heavy (non-hydrogen) atoms. The van der Waals surface area contributed by atoms with E-state index in [2.05, 4.69) is 15.2 Å². The average molecular weight is 576 g/mol. The summed E-state index contributed by atoms with van der Waals surface area (Å²) < 4.78 is 37.7. The van der Waals surface area contributed by atoms with E-state index < -0.39 is 12.1 Å². The lowest BCUT2D eigenvalue weighted by molar-refractivity contribution is -0.192. The Morgan fingerprint density at radius 1 is 1.02 bits per heavy atom. The Hall–Kier alpha value is -4.35. The number of aliphatic carboxylic acids is 1. The summed E-state index contributed by atoms with van der Waals surface area (Å²) in [6.07, 6.45) is -1.74. The van der Waals surface area contributed by atoms with Crippen molar-refractivity contribution in [3.63, 3.8) is 0 Å². The van der Waals surface area contributed by atoms with E-state index in [1.807, 2.05) is 56.6 Å². The number of alkyl halides is 3. The van der Waals surface area contributed by atoms with Crippen LogP contribution in [0, 0.1) is 0 Å². The van der Waals surface area contributed by atoms with Crippen molar-refractivity contribution in [2.45, 2.75) is 12.2 Å². The Morgan fingerprint density at radius 3 is 2.20 bits per heavy atom. The molecule has 2 heterocycles. The van der Waals surface area contributed by atoms with Crippen molar-refractivity contribution in [2.24, 2.45) is 0 Å². The topological polar surface area (TPSA) is 116 Å². The Labute approximate surface area is 232 Å². The van der Waals surface area contributed by atoms with Crippen LogP contribution in [0.5, 0.6) is 5.75 Å². The number of carbonyl (C=O) groups excluding carboxylic acids is 1. The van der Waals surface area contributed by atoms with Crippen molar-refractivity contribution in [3.8, 4) is 28.2 Å². The molecule has 0 radical (unpaired) electrons. The van der Waals surface area contributed by atoms with Gasteiger partial charge in [-0.25, -0.2) is 4.79 Å². The predicted molar refractivity (Wildman–Crippen MR) is 143 cm³/mol. The van der Waals surface area contributed by atoms with Crippen molar-refractivity contribution >= 4 is 23.5 Å². The van der Waals surface area contributed by atoms with Crippen LogP contribution >= 0.6 is 11.6 Å². The van der Waals surface area contributed by atoms with Gasteiger partial charge in [0.1, 0.15) is 11.5 Å². The van der Waals surface area contributed by atoms with E-state index in [1.54, 1.807) is 30.6 Å². The third-order valence-electron chi connectivity index (χ3n) is 5.66. The van der Waals surface area contributed by atoms with Crippen molar-refractivity contribution in [1.29, 1.82) is 0 Å². The number of carbonyl (C=O) groups is 2. The van der Waals surface area contributed by atoms with Gasteiger partial charge in [0.25, 0.3) is 5.91 Å². The van der Waals surface area contributed by atoms with Gasteiger partial charge < -0.3 is 24.8 Å². The van der Waals surface area contributed by atoms with Crippen LogP contribution in [0.1, 0.15) is 22.2 Å². The number of nitrogens with one attached hydrogen (secondary N) is 1. The van der Waals surface area contributed by atoms with Crippen LogP contribution in [0.2, 0.25) is 5.02 Å². The molecular formula is C28H25ClF3N3O5. The van der Waals surface area contributed by atoms with Crippen LogP contribution in [-0.4, -0.2) is 58.8 Å². The number of phenols is 1. The summed E-state index contributed by atoms with van der Waals surface area (Å²) in [5, 5.41) is 20.4. The molecule has 1 amide bonds. The molecule has 1 unspecified atom stereocenters. The van der Waals surface area contributed by atoms with Crippen LogP contribution in [0.15, 0.2) is 83.5 Å². The molecule has 0 saturated heterocycles. The first-order chi connectivity index (χ1) is 18.9. The molecule has 2 aromatic heterocycles. The molecule has 8 nitrogen and oxygen atoms in total. The van der Waals surface area contributed by atoms with Gasteiger partial charge in [-0.1, -0.05) is 41.9 Å². The van der Waals surface area contributed by atoms with E-state index in [1.165, 1.54) is 6.07 Å². The lowest BCUT2D eigenvalue weighted by Crippen LogP contribution is -2.34. The van der Waals surface area contributed by atoms with E-state index in [4.69, 9.17) is 25.9 Å². The number of hydrogen-bond acceptors (Lipinski definition) is 6. The smallest absolute Gasteiger partial charge is 0.490 e. The number of hydrogen-bond donors (Lipinski definition) is 3. The highest BCUT2D eigenvalue weighted by Crippen LogP contribution is 2.38. The van der Waals surface area contributed by atoms with Gasteiger partial charge in [0, 0.05) is 30.1 Å². The minimum Gasteiger partial charge on any atom is -0.506 e. The van der Waals surface area contributed by atoms with Crippen LogP contribution in [0.4, 0.5) is 13.2 Å². The highest BCUT2D eigenvalue weighted by molar-refractivity contribution is 6.32. The summed E-state index contributed by atoms with van der Waals surface area (Å²) in [6, 6.07) is 20.2. The molecule has 12 heteroatoms. The lowest BCUT2D eigenvalue weighted by Gasteiger charge is -2.24. The number of aromatic nitrogens is 1. The highest BCUT2D eigenvalue weighted by Gasteiger charge is 2.38. The van der Waals surface area contributed by atoms with Crippen molar-refractivity contribution in [3.05, 3.63) is 95.5 Å². The van der Waals surface area contributed by atoms with Gasteiger partial charge in [-0.3, -0.25) is 9.78 Å². The molecule has 2 aromatic carbocycles. The standard InChI is InChI=1S/C26H24ClN3O3.C2HF3O2/c1-30(2)22(18-6-4-3-5-7-18)16-29-26(32)24-15-20(17-10-12-28-13-11-17)25(33-24)19-8-9-21(27)23(31)14-19;3-2(4,5)1(6)7/h3-15,22,31H,16H2,1-2H3,(H,29,32);(H,6,7). The molecule has 0 aliphatic carbocycles. The molecule has 0 aliphatic rings. The van der Waals surface area contributed by atoms with E-state index in [9.17, 15) is 23.1 Å². The Kier molecular flexibility index (Phi) is 9.92. The minimum absolute atomic E-state index is 0.0115. The van der Waals surface area contributed by atoms with E-state index in [-0.39, 0.29) is 28.5 Å². The van der Waals surface area contributed by atoms with Gasteiger partial charge in [0.2, 0.25) is 0 Å². The van der Waals surface area contributed by atoms with Crippen LogP contribution in [-0.2, 0) is 4.79 Å². The fourth-order valence-corrected chi connectivity index (χ4v) is 3.78. The maximum atomic E-state index is 13.0. The number of benzene rings is 2. The maximum Gasteiger partial charge on any atom is 0.490 e. The predicted octanol–water partition coefficient (Wildman–Crippen LogP) is 6.03. The fraction of sp³-hybridized carbons (Fsp3) is 0.179. The molecule has 4 aromatic rings. The Balaban J connectivity index is 0.000000559. The number of likely N-dealkylation sites (N-methyl/N-ethyl adjacent to an activating group) is 1. The van der Waals surface area contributed by atoms with Gasteiger partial charge in [-0.05, 0) is 61.6 Å². The zero-order chi connectivity index (χ0) is 29.4. The number of phenolic OH excluding ortho intramolecular Hbond substituents is 1. The molecule has 1 atom stereocenters. The second-order valence-electron chi connectivity index (χ2n) is 8.66. The molecule has 4 rings (SSSR count). The lowest BCUT2D eigenvalue weighted by atomic mass is 10.0. The molecule has 0 saturated carbocycles. The van der Waals surface area contributed by atoms with E-state index >= 15 is 0 Å². The Bertz CT molecular complexity index is 1440. The number of halogens is 4. The summed E-state index contributed by atoms with van der Waals surface area (Å²) in [4.78, 5) is 28.1. The highest BCUT2D eigenvalue weighted by atomic mass is 35.5. The number of rotatable bonds is 7. The number of aromatic hydroxyl groups is 1. The molecule has 0 aliphatic heterocycles. The number of carboxylic acid groups (broad SMARTS) is 1. The number of nitrogens with zero attached hydrogens (tertiary/aromatic N) is 2. The van der Waals surface area contributed by atoms with Gasteiger partial charge in [0.15, 0.2) is 5.76 Å². The first-order valence-electron chi connectivity index (χ1n) is 11.7. The average Bonchev–Trinajstić information content (AvgIpc) is 3.37. The number of furan rings is 1. The first-order valence-corrected chi connectivity index (χ1v) is 12.1. The molecular weight excluding hydrogens is 551 g/mol. The molecule has 0 fully saturated rings. The molecule has 0 bridgehead atoms.